The van der Waals surface area contributed by atoms with Crippen LogP contribution in [0.15, 0.2) is 53.5 Å². The largest absolute Gasteiger partial charge is 0.490 e. The highest BCUT2D eigenvalue weighted by Crippen LogP contribution is 2.26. The fourth-order valence-corrected chi connectivity index (χ4v) is 4.72. The molecular weight excluding hydrogens is 502 g/mol. The molecule has 2 aliphatic rings. The molecular formula is C26H29BrClN3O2. The molecule has 0 aromatic heterocycles. The Balaban J connectivity index is 1.59. The molecule has 2 aromatic rings. The summed E-state index contributed by atoms with van der Waals surface area (Å²) in [5.41, 5.74) is 2.55. The predicted molar refractivity (Wildman–Crippen MR) is 139 cm³/mol. The van der Waals surface area contributed by atoms with Crippen LogP contribution in [0.4, 0.5) is 0 Å². The maximum absolute atomic E-state index is 13.6. The minimum atomic E-state index is 0.0557. The number of carbonyl (C=O) groups is 1. The van der Waals surface area contributed by atoms with E-state index in [0.717, 1.165) is 54.9 Å². The van der Waals surface area contributed by atoms with Crippen LogP contribution in [0.1, 0.15) is 21.5 Å². The fourth-order valence-electron chi connectivity index (χ4n) is 3.90. The summed E-state index contributed by atoms with van der Waals surface area (Å²) in [6, 6.07) is 11.4. The zero-order valence-corrected chi connectivity index (χ0v) is 20.9. The quantitative estimate of drug-likeness (QED) is 0.345. The standard InChI is InChI=1S/C26H29BrClN3O2/c1-2-7-33-24-9-18(3-4-21-5-6-23(28)11-25(21)27)8-22(10-24)26(32)31(16-19-12-29-13-19)17-20-14-30-15-20/h2-6,8-11,19-20,29-30H,1,7,12-17H2/b4-3+. The van der Waals surface area contributed by atoms with Gasteiger partial charge in [0.15, 0.2) is 0 Å². The van der Waals surface area contributed by atoms with E-state index in [1.807, 2.05) is 53.5 Å². The van der Waals surface area contributed by atoms with Gasteiger partial charge in [-0.2, -0.15) is 0 Å². The van der Waals surface area contributed by atoms with Crippen LogP contribution in [0.2, 0.25) is 5.02 Å². The molecule has 2 fully saturated rings. The lowest BCUT2D eigenvalue weighted by molar-refractivity contribution is 0.0651. The zero-order chi connectivity index (χ0) is 23.2. The van der Waals surface area contributed by atoms with E-state index in [0.29, 0.717) is 34.8 Å². The van der Waals surface area contributed by atoms with Gasteiger partial charge in [0, 0.05) is 66.2 Å². The highest BCUT2D eigenvalue weighted by Gasteiger charge is 2.28. The molecule has 2 N–H and O–H groups in total. The lowest BCUT2D eigenvalue weighted by Gasteiger charge is -2.37. The third-order valence-electron chi connectivity index (χ3n) is 5.94. The van der Waals surface area contributed by atoms with Crippen molar-refractivity contribution in [3.8, 4) is 5.75 Å². The van der Waals surface area contributed by atoms with Gasteiger partial charge >= 0.3 is 0 Å². The smallest absolute Gasteiger partial charge is 0.254 e. The van der Waals surface area contributed by atoms with Crippen LogP contribution in [-0.4, -0.2) is 56.7 Å². The van der Waals surface area contributed by atoms with Crippen molar-refractivity contribution in [2.45, 2.75) is 0 Å². The summed E-state index contributed by atoms with van der Waals surface area (Å²) in [6.07, 6.45) is 5.69. The van der Waals surface area contributed by atoms with Crippen LogP contribution in [0.3, 0.4) is 0 Å². The number of amides is 1. The fraction of sp³-hybridized carbons (Fsp3) is 0.346. The van der Waals surface area contributed by atoms with Crippen molar-refractivity contribution in [3.05, 3.63) is 75.2 Å². The van der Waals surface area contributed by atoms with Gasteiger partial charge in [-0.25, -0.2) is 0 Å². The molecule has 33 heavy (non-hydrogen) atoms. The molecule has 0 saturated carbocycles. The van der Waals surface area contributed by atoms with Crippen molar-refractivity contribution in [3.63, 3.8) is 0 Å². The van der Waals surface area contributed by atoms with Crippen LogP contribution in [0, 0.1) is 11.8 Å². The van der Waals surface area contributed by atoms with E-state index in [4.69, 9.17) is 16.3 Å². The predicted octanol–water partition coefficient (Wildman–Crippen LogP) is 4.72. The molecule has 0 bridgehead atoms. The number of carbonyl (C=O) groups excluding carboxylic acids is 1. The average Bonchev–Trinajstić information content (AvgIpc) is 2.74. The number of hydrogen-bond donors (Lipinski definition) is 2. The molecule has 2 aromatic carbocycles. The molecule has 1 amide bonds. The van der Waals surface area contributed by atoms with Gasteiger partial charge in [0.25, 0.3) is 5.91 Å². The third-order valence-corrected chi connectivity index (χ3v) is 6.86. The maximum atomic E-state index is 13.6. The molecule has 5 nitrogen and oxygen atoms in total. The van der Waals surface area contributed by atoms with E-state index in [1.165, 1.54) is 0 Å². The van der Waals surface area contributed by atoms with E-state index in [1.54, 1.807) is 6.08 Å². The Bertz CT molecular complexity index is 1020. The van der Waals surface area contributed by atoms with Crippen LogP contribution in [0.25, 0.3) is 12.2 Å². The number of rotatable bonds is 10. The summed E-state index contributed by atoms with van der Waals surface area (Å²) in [5.74, 6) is 1.75. The first-order valence-electron chi connectivity index (χ1n) is 11.2. The van der Waals surface area contributed by atoms with Gasteiger partial charge in [-0.15, -0.1) is 0 Å². The number of ether oxygens (including phenoxy) is 1. The first-order chi connectivity index (χ1) is 16.0. The molecule has 0 unspecified atom stereocenters. The van der Waals surface area contributed by atoms with Gasteiger partial charge < -0.3 is 20.3 Å². The van der Waals surface area contributed by atoms with Crippen molar-refractivity contribution in [2.24, 2.45) is 11.8 Å². The molecule has 2 saturated heterocycles. The molecule has 2 aliphatic heterocycles. The van der Waals surface area contributed by atoms with Crippen molar-refractivity contribution < 1.29 is 9.53 Å². The van der Waals surface area contributed by atoms with Crippen LogP contribution < -0.4 is 15.4 Å². The number of nitrogens with zero attached hydrogens (tertiary/aromatic N) is 1. The molecule has 4 rings (SSSR count). The van der Waals surface area contributed by atoms with E-state index in [9.17, 15) is 4.79 Å². The number of nitrogens with one attached hydrogen (secondary N) is 2. The lowest BCUT2D eigenvalue weighted by Crippen LogP contribution is -2.54. The summed E-state index contributed by atoms with van der Waals surface area (Å²) in [5, 5.41) is 7.29. The van der Waals surface area contributed by atoms with E-state index >= 15 is 0 Å². The second-order valence-electron chi connectivity index (χ2n) is 8.65. The summed E-state index contributed by atoms with van der Waals surface area (Å²) < 4.78 is 6.73. The normalized spacial score (nSPS) is 16.3. The van der Waals surface area contributed by atoms with Gasteiger partial charge in [0.2, 0.25) is 0 Å². The van der Waals surface area contributed by atoms with Crippen LogP contribution in [-0.2, 0) is 0 Å². The molecule has 0 aliphatic carbocycles. The van der Waals surface area contributed by atoms with Crippen molar-refractivity contribution in [2.75, 3.05) is 45.9 Å². The topological polar surface area (TPSA) is 53.6 Å². The molecule has 7 heteroatoms. The van der Waals surface area contributed by atoms with E-state index < -0.39 is 0 Å². The number of hydrogen-bond acceptors (Lipinski definition) is 4. The second-order valence-corrected chi connectivity index (χ2v) is 9.94. The molecule has 0 radical (unpaired) electrons. The Morgan fingerprint density at radius 3 is 2.36 bits per heavy atom. The second kappa shape index (κ2) is 11.3. The third kappa shape index (κ3) is 6.48. The van der Waals surface area contributed by atoms with Crippen molar-refractivity contribution in [1.29, 1.82) is 0 Å². The van der Waals surface area contributed by atoms with E-state index in [-0.39, 0.29) is 5.91 Å². The Morgan fingerprint density at radius 2 is 1.79 bits per heavy atom. The summed E-state index contributed by atoms with van der Waals surface area (Å²) in [6.45, 7) is 9.56. The first-order valence-corrected chi connectivity index (χ1v) is 12.4. The Labute approximate surface area is 209 Å². The van der Waals surface area contributed by atoms with Crippen molar-refractivity contribution in [1.82, 2.24) is 15.5 Å². The summed E-state index contributed by atoms with van der Waals surface area (Å²) in [7, 11) is 0. The number of benzene rings is 2. The Hall–Kier alpha value is -2.12. The summed E-state index contributed by atoms with van der Waals surface area (Å²) >= 11 is 9.62. The minimum Gasteiger partial charge on any atom is -0.490 e. The molecule has 174 valence electrons. The van der Waals surface area contributed by atoms with E-state index in [2.05, 4.69) is 33.1 Å². The van der Waals surface area contributed by atoms with Crippen LogP contribution in [0.5, 0.6) is 5.75 Å². The maximum Gasteiger partial charge on any atom is 0.254 e. The zero-order valence-electron chi connectivity index (χ0n) is 18.5. The monoisotopic (exact) mass is 529 g/mol. The molecule has 0 atom stereocenters. The Morgan fingerprint density at radius 1 is 1.09 bits per heavy atom. The lowest BCUT2D eigenvalue weighted by atomic mass is 9.98. The average molecular weight is 531 g/mol. The highest BCUT2D eigenvalue weighted by atomic mass is 79.9. The highest BCUT2D eigenvalue weighted by molar-refractivity contribution is 9.10. The van der Waals surface area contributed by atoms with Gasteiger partial charge in [-0.1, -0.05) is 58.4 Å². The summed E-state index contributed by atoms with van der Waals surface area (Å²) in [4.78, 5) is 15.6. The molecule has 0 spiro atoms. The Kier molecular flexibility index (Phi) is 8.25. The van der Waals surface area contributed by atoms with Crippen molar-refractivity contribution >= 4 is 45.6 Å². The van der Waals surface area contributed by atoms with Gasteiger partial charge in [-0.05, 0) is 41.5 Å². The van der Waals surface area contributed by atoms with Gasteiger partial charge in [-0.3, -0.25) is 4.79 Å². The minimum absolute atomic E-state index is 0.0557. The van der Waals surface area contributed by atoms with Gasteiger partial charge in [0.1, 0.15) is 12.4 Å². The first kappa shape index (κ1) is 24.0. The van der Waals surface area contributed by atoms with Crippen LogP contribution >= 0.6 is 27.5 Å². The SMILES string of the molecule is C=CCOc1cc(/C=C/c2ccc(Cl)cc2Br)cc(C(=O)N(CC2CNC2)CC2CNC2)c1. The number of halogens is 2. The van der Waals surface area contributed by atoms with Gasteiger partial charge in [0.05, 0.1) is 0 Å². The molecule has 2 heterocycles.